The number of urea groups is 1. The lowest BCUT2D eigenvalue weighted by molar-refractivity contribution is -0.135. The van der Waals surface area contributed by atoms with Crippen molar-refractivity contribution in [3.05, 3.63) is 29.8 Å². The number of rotatable bonds is 10. The molecular formula is C20H29N3O4. The van der Waals surface area contributed by atoms with Crippen LogP contribution in [0.25, 0.3) is 0 Å². The lowest BCUT2D eigenvalue weighted by Crippen LogP contribution is -2.44. The highest BCUT2D eigenvalue weighted by Gasteiger charge is 2.51. The van der Waals surface area contributed by atoms with Crippen LogP contribution in [0, 0.1) is 0 Å². The van der Waals surface area contributed by atoms with Gasteiger partial charge in [0.15, 0.2) is 0 Å². The molecule has 2 N–H and O–H groups in total. The zero-order valence-electron chi connectivity index (χ0n) is 16.3. The van der Waals surface area contributed by atoms with Crippen LogP contribution >= 0.6 is 0 Å². The van der Waals surface area contributed by atoms with Crippen molar-refractivity contribution in [1.29, 1.82) is 0 Å². The number of carbonyl (C=O) groups excluding carboxylic acids is 3. The molecule has 7 nitrogen and oxygen atoms in total. The van der Waals surface area contributed by atoms with Gasteiger partial charge in [0, 0.05) is 6.54 Å². The average molecular weight is 375 g/mol. The minimum absolute atomic E-state index is 0.268. The molecule has 0 aliphatic carbocycles. The Hall–Kier alpha value is -2.57. The Kier molecular flexibility index (Phi) is 7.21. The summed E-state index contributed by atoms with van der Waals surface area (Å²) in [5.41, 5.74) is -0.475. The quantitative estimate of drug-likeness (QED) is 0.486. The number of unbranched alkanes of at least 4 members (excludes halogenated alkanes) is 3. The van der Waals surface area contributed by atoms with E-state index in [0.717, 1.165) is 30.6 Å². The van der Waals surface area contributed by atoms with Gasteiger partial charge in [0.1, 0.15) is 17.8 Å². The number of hydrogen-bond acceptors (Lipinski definition) is 4. The molecule has 1 aromatic carbocycles. The second kappa shape index (κ2) is 9.39. The minimum Gasteiger partial charge on any atom is -0.497 e. The van der Waals surface area contributed by atoms with Gasteiger partial charge in [0.05, 0.1) is 7.11 Å². The van der Waals surface area contributed by atoms with Crippen LogP contribution in [0.15, 0.2) is 24.3 Å². The monoisotopic (exact) mass is 375 g/mol. The molecule has 1 aliphatic heterocycles. The van der Waals surface area contributed by atoms with E-state index >= 15 is 0 Å². The molecule has 2 rings (SSSR count). The van der Waals surface area contributed by atoms with E-state index in [4.69, 9.17) is 4.74 Å². The molecule has 1 saturated heterocycles. The van der Waals surface area contributed by atoms with Gasteiger partial charge in [-0.25, -0.2) is 4.79 Å². The van der Waals surface area contributed by atoms with Gasteiger partial charge >= 0.3 is 6.03 Å². The largest absolute Gasteiger partial charge is 0.497 e. The number of benzene rings is 1. The van der Waals surface area contributed by atoms with Gasteiger partial charge in [-0.2, -0.15) is 0 Å². The van der Waals surface area contributed by atoms with Gasteiger partial charge in [-0.15, -0.1) is 0 Å². The number of methoxy groups -OCH3 is 1. The molecule has 1 atom stereocenters. The third-order valence-corrected chi connectivity index (χ3v) is 4.94. The van der Waals surface area contributed by atoms with E-state index in [-0.39, 0.29) is 12.5 Å². The minimum atomic E-state index is -1.15. The fourth-order valence-corrected chi connectivity index (χ4v) is 3.26. The highest BCUT2D eigenvalue weighted by Crippen LogP contribution is 2.33. The van der Waals surface area contributed by atoms with Crippen molar-refractivity contribution in [3.63, 3.8) is 0 Å². The van der Waals surface area contributed by atoms with Gasteiger partial charge in [0.25, 0.3) is 5.91 Å². The molecule has 0 saturated carbocycles. The van der Waals surface area contributed by atoms with E-state index in [0.29, 0.717) is 24.3 Å². The molecule has 0 radical (unpaired) electrons. The summed E-state index contributed by atoms with van der Waals surface area (Å²) in [6.45, 7) is 4.24. The first-order valence-corrected chi connectivity index (χ1v) is 9.53. The molecule has 4 amide bonds. The molecule has 1 heterocycles. The van der Waals surface area contributed by atoms with E-state index < -0.39 is 17.5 Å². The molecule has 0 unspecified atom stereocenters. The van der Waals surface area contributed by atoms with E-state index in [2.05, 4.69) is 17.6 Å². The summed E-state index contributed by atoms with van der Waals surface area (Å²) in [5, 5.41) is 5.56. The van der Waals surface area contributed by atoms with Crippen molar-refractivity contribution < 1.29 is 19.1 Å². The smallest absolute Gasteiger partial charge is 0.325 e. The Labute approximate surface area is 160 Å². The Bertz CT molecular complexity index is 674. The van der Waals surface area contributed by atoms with E-state index in [1.807, 2.05) is 6.92 Å². The average Bonchev–Trinajstić information content (AvgIpc) is 2.93. The van der Waals surface area contributed by atoms with Gasteiger partial charge in [-0.3, -0.25) is 14.5 Å². The summed E-state index contributed by atoms with van der Waals surface area (Å²) in [4.78, 5) is 38.5. The molecule has 1 aromatic rings. The zero-order chi connectivity index (χ0) is 19.9. The second-order valence-electron chi connectivity index (χ2n) is 6.72. The van der Waals surface area contributed by atoms with Crippen molar-refractivity contribution in [2.45, 2.75) is 51.5 Å². The van der Waals surface area contributed by atoms with E-state index in [9.17, 15) is 14.4 Å². The van der Waals surface area contributed by atoms with Crippen molar-refractivity contribution in [3.8, 4) is 5.75 Å². The van der Waals surface area contributed by atoms with E-state index in [1.54, 1.807) is 31.4 Å². The molecule has 7 heteroatoms. The van der Waals surface area contributed by atoms with Crippen molar-refractivity contribution in [2.75, 3.05) is 20.2 Å². The van der Waals surface area contributed by atoms with Crippen LogP contribution in [0.5, 0.6) is 5.75 Å². The van der Waals surface area contributed by atoms with Crippen molar-refractivity contribution in [1.82, 2.24) is 15.5 Å². The maximum absolute atomic E-state index is 13.0. The molecule has 0 spiro atoms. The number of imide groups is 1. The fourth-order valence-electron chi connectivity index (χ4n) is 3.26. The number of ether oxygens (including phenoxy) is 1. The fraction of sp³-hybridized carbons (Fsp3) is 0.550. The van der Waals surface area contributed by atoms with Crippen molar-refractivity contribution in [2.24, 2.45) is 0 Å². The first-order chi connectivity index (χ1) is 13.0. The Balaban J connectivity index is 2.04. The molecule has 0 bridgehead atoms. The molecular weight excluding hydrogens is 346 g/mol. The first kappa shape index (κ1) is 20.7. The Morgan fingerprint density at radius 1 is 1.15 bits per heavy atom. The number of nitrogens with zero attached hydrogens (tertiary/aromatic N) is 1. The third kappa shape index (κ3) is 4.59. The van der Waals surface area contributed by atoms with Gasteiger partial charge in [-0.1, -0.05) is 45.2 Å². The Morgan fingerprint density at radius 3 is 2.44 bits per heavy atom. The van der Waals surface area contributed by atoms with Crippen LogP contribution < -0.4 is 15.4 Å². The molecule has 148 valence electrons. The molecule has 27 heavy (non-hydrogen) atoms. The van der Waals surface area contributed by atoms with Crippen LogP contribution in [0.3, 0.4) is 0 Å². The highest BCUT2D eigenvalue weighted by molar-refractivity contribution is 6.09. The lowest BCUT2D eigenvalue weighted by atomic mass is 9.87. The maximum Gasteiger partial charge on any atom is 0.325 e. The lowest BCUT2D eigenvalue weighted by Gasteiger charge is -2.26. The Morgan fingerprint density at radius 2 is 1.85 bits per heavy atom. The molecule has 0 aromatic heterocycles. The second-order valence-corrected chi connectivity index (χ2v) is 6.72. The van der Waals surface area contributed by atoms with Crippen LogP contribution in [0.2, 0.25) is 0 Å². The summed E-state index contributed by atoms with van der Waals surface area (Å²) in [7, 11) is 1.57. The SMILES string of the molecule is CCCCCCNC(=O)CN1C(=O)N[C@](CC)(c2ccc(OC)cc2)C1=O. The predicted molar refractivity (Wildman–Crippen MR) is 102 cm³/mol. The summed E-state index contributed by atoms with van der Waals surface area (Å²) in [5.74, 6) is -0.0565. The third-order valence-electron chi connectivity index (χ3n) is 4.94. The first-order valence-electron chi connectivity index (χ1n) is 9.53. The number of hydrogen-bond donors (Lipinski definition) is 2. The number of nitrogens with one attached hydrogen (secondary N) is 2. The predicted octanol–water partition coefficient (Wildman–Crippen LogP) is 2.55. The van der Waals surface area contributed by atoms with Crippen LogP contribution in [-0.4, -0.2) is 42.9 Å². The van der Waals surface area contributed by atoms with Crippen molar-refractivity contribution >= 4 is 17.8 Å². The summed E-state index contributed by atoms with van der Waals surface area (Å²) < 4.78 is 5.15. The van der Waals surface area contributed by atoms with Crippen LogP contribution in [0.4, 0.5) is 4.79 Å². The van der Waals surface area contributed by atoms with E-state index in [1.165, 1.54) is 0 Å². The number of amides is 4. The van der Waals surface area contributed by atoms with Crippen LogP contribution in [-0.2, 0) is 15.1 Å². The van der Waals surface area contributed by atoms with Crippen LogP contribution in [0.1, 0.15) is 51.5 Å². The summed E-state index contributed by atoms with van der Waals surface area (Å²) >= 11 is 0. The number of carbonyl (C=O) groups is 3. The summed E-state index contributed by atoms with van der Waals surface area (Å²) in [6.07, 6.45) is 4.59. The van der Waals surface area contributed by atoms with Gasteiger partial charge < -0.3 is 15.4 Å². The summed E-state index contributed by atoms with van der Waals surface area (Å²) in [6, 6.07) is 6.48. The highest BCUT2D eigenvalue weighted by atomic mass is 16.5. The normalized spacial score (nSPS) is 19.1. The molecule has 1 aliphatic rings. The van der Waals surface area contributed by atoms with Gasteiger partial charge in [0.2, 0.25) is 5.91 Å². The maximum atomic E-state index is 13.0. The van der Waals surface area contributed by atoms with Gasteiger partial charge in [-0.05, 0) is 30.5 Å². The zero-order valence-corrected chi connectivity index (χ0v) is 16.3. The molecule has 1 fully saturated rings. The topological polar surface area (TPSA) is 87.7 Å². The standard InChI is InChI=1S/C20H29N3O4/c1-4-6-7-8-13-21-17(24)14-23-18(25)20(5-2,22-19(23)26)15-9-11-16(27-3)12-10-15/h9-12H,4-8,13-14H2,1-3H3,(H,21,24)(H,22,26)/t20-/m1/s1.